The van der Waals surface area contributed by atoms with Gasteiger partial charge >= 0.3 is 0 Å². The molecule has 0 aliphatic carbocycles. The molecule has 0 bridgehead atoms. The molecule has 2 aliphatic heterocycles. The van der Waals surface area contributed by atoms with Gasteiger partial charge in [-0.25, -0.2) is 4.39 Å². The molecule has 1 aromatic carbocycles. The van der Waals surface area contributed by atoms with Crippen molar-refractivity contribution in [2.24, 2.45) is 0 Å². The van der Waals surface area contributed by atoms with Crippen molar-refractivity contribution in [3.05, 3.63) is 29.6 Å². The highest BCUT2D eigenvalue weighted by Gasteiger charge is 2.23. The minimum atomic E-state index is -0.303. The maximum Gasteiger partial charge on any atom is 0.147 e. The number of hydrogen-bond donors (Lipinski definition) is 0. The third-order valence-electron chi connectivity index (χ3n) is 4.53. The van der Waals surface area contributed by atoms with Crippen molar-refractivity contribution in [2.75, 3.05) is 44.2 Å². The summed E-state index contributed by atoms with van der Waals surface area (Å²) in [5.41, 5.74) is 0.974. The van der Waals surface area contributed by atoms with Crippen molar-refractivity contribution in [1.29, 1.82) is 5.26 Å². The Labute approximate surface area is 131 Å². The van der Waals surface area contributed by atoms with Gasteiger partial charge in [0.1, 0.15) is 5.82 Å². The summed E-state index contributed by atoms with van der Waals surface area (Å²) in [6.07, 6.45) is 3.97. The highest BCUT2D eigenvalue weighted by Crippen LogP contribution is 2.22. The molecule has 0 aromatic heterocycles. The molecule has 2 aliphatic rings. The summed E-state index contributed by atoms with van der Waals surface area (Å²) in [7, 11) is 0. The number of nitrogens with zero attached hydrogens (tertiary/aromatic N) is 3. The normalized spacial score (nSPS) is 23.3. The van der Waals surface area contributed by atoms with Crippen LogP contribution < -0.4 is 4.90 Å². The zero-order valence-corrected chi connectivity index (χ0v) is 12.8. The smallest absolute Gasteiger partial charge is 0.147 e. The van der Waals surface area contributed by atoms with Crippen LogP contribution in [-0.4, -0.2) is 50.3 Å². The Morgan fingerprint density at radius 1 is 1.23 bits per heavy atom. The second kappa shape index (κ2) is 7.08. The average Bonchev–Trinajstić information content (AvgIpc) is 2.56. The molecule has 0 unspecified atom stereocenters. The molecule has 0 radical (unpaired) electrons. The Kier molecular flexibility index (Phi) is 4.91. The zero-order valence-electron chi connectivity index (χ0n) is 12.8. The molecule has 0 amide bonds. The van der Waals surface area contributed by atoms with E-state index < -0.39 is 0 Å². The number of rotatable bonds is 3. The van der Waals surface area contributed by atoms with Crippen molar-refractivity contribution in [3.8, 4) is 6.07 Å². The molecular weight excluding hydrogens is 281 g/mol. The SMILES string of the molecule is N#Cc1ccc(N2CCN(C[C@H]3CCCCO3)CC2)c(F)c1. The fourth-order valence-electron chi connectivity index (χ4n) is 3.24. The van der Waals surface area contributed by atoms with Gasteiger partial charge in [0, 0.05) is 39.3 Å². The summed E-state index contributed by atoms with van der Waals surface area (Å²) in [5.74, 6) is -0.303. The van der Waals surface area contributed by atoms with E-state index in [9.17, 15) is 4.39 Å². The topological polar surface area (TPSA) is 39.5 Å². The largest absolute Gasteiger partial charge is 0.377 e. The van der Waals surface area contributed by atoms with Gasteiger partial charge in [-0.3, -0.25) is 4.90 Å². The summed E-state index contributed by atoms with van der Waals surface area (Å²) < 4.78 is 19.9. The van der Waals surface area contributed by atoms with Gasteiger partial charge in [0.05, 0.1) is 23.4 Å². The van der Waals surface area contributed by atoms with Crippen LogP contribution >= 0.6 is 0 Å². The van der Waals surface area contributed by atoms with Crippen LogP contribution in [0.25, 0.3) is 0 Å². The predicted molar refractivity (Wildman–Crippen MR) is 83.4 cm³/mol. The Morgan fingerprint density at radius 3 is 2.68 bits per heavy atom. The first-order chi connectivity index (χ1) is 10.8. The Morgan fingerprint density at radius 2 is 2.05 bits per heavy atom. The van der Waals surface area contributed by atoms with Gasteiger partial charge in [-0.05, 0) is 37.5 Å². The molecule has 0 saturated carbocycles. The van der Waals surface area contributed by atoms with E-state index in [0.717, 1.165) is 45.8 Å². The van der Waals surface area contributed by atoms with E-state index >= 15 is 0 Å². The molecule has 3 rings (SSSR count). The molecule has 5 heteroatoms. The van der Waals surface area contributed by atoms with E-state index in [-0.39, 0.29) is 5.82 Å². The van der Waals surface area contributed by atoms with Gasteiger partial charge in [-0.15, -0.1) is 0 Å². The van der Waals surface area contributed by atoms with E-state index in [2.05, 4.69) is 9.80 Å². The van der Waals surface area contributed by atoms with Crippen LogP contribution in [0.15, 0.2) is 18.2 Å². The summed E-state index contributed by atoms with van der Waals surface area (Å²) in [5, 5.41) is 8.80. The van der Waals surface area contributed by atoms with Crippen LogP contribution in [0.2, 0.25) is 0 Å². The zero-order chi connectivity index (χ0) is 15.4. The number of nitriles is 1. The van der Waals surface area contributed by atoms with Crippen molar-refractivity contribution in [3.63, 3.8) is 0 Å². The number of anilines is 1. The summed E-state index contributed by atoms with van der Waals surface area (Å²) in [6, 6.07) is 6.68. The molecule has 1 aromatic rings. The molecule has 118 valence electrons. The molecule has 22 heavy (non-hydrogen) atoms. The van der Waals surface area contributed by atoms with Crippen LogP contribution in [0.1, 0.15) is 24.8 Å². The number of halogens is 1. The second-order valence-electron chi connectivity index (χ2n) is 6.05. The van der Waals surface area contributed by atoms with Gasteiger partial charge in [-0.1, -0.05) is 0 Å². The average molecular weight is 303 g/mol. The van der Waals surface area contributed by atoms with Gasteiger partial charge in [0.15, 0.2) is 0 Å². The summed E-state index contributed by atoms with van der Waals surface area (Å²) in [6.45, 7) is 5.37. The number of hydrogen-bond acceptors (Lipinski definition) is 4. The highest BCUT2D eigenvalue weighted by atomic mass is 19.1. The van der Waals surface area contributed by atoms with Crippen LogP contribution in [0.4, 0.5) is 10.1 Å². The predicted octanol–water partition coefficient (Wildman–Crippen LogP) is 2.39. The molecule has 2 heterocycles. The quantitative estimate of drug-likeness (QED) is 0.859. The van der Waals surface area contributed by atoms with Crippen LogP contribution in [0.3, 0.4) is 0 Å². The number of piperazine rings is 1. The Hall–Kier alpha value is -1.64. The van der Waals surface area contributed by atoms with E-state index in [4.69, 9.17) is 10.00 Å². The lowest BCUT2D eigenvalue weighted by molar-refractivity contribution is -0.00646. The van der Waals surface area contributed by atoms with Gasteiger partial charge in [0.2, 0.25) is 0 Å². The van der Waals surface area contributed by atoms with Crippen molar-refractivity contribution < 1.29 is 9.13 Å². The molecule has 1 atom stereocenters. The molecule has 0 N–H and O–H groups in total. The van der Waals surface area contributed by atoms with Gasteiger partial charge in [0.25, 0.3) is 0 Å². The fraction of sp³-hybridized carbons (Fsp3) is 0.588. The lowest BCUT2D eigenvalue weighted by Gasteiger charge is -2.38. The molecule has 2 saturated heterocycles. The van der Waals surface area contributed by atoms with Gasteiger partial charge < -0.3 is 9.64 Å². The van der Waals surface area contributed by atoms with Crippen LogP contribution in [0.5, 0.6) is 0 Å². The molecule has 2 fully saturated rings. The maximum atomic E-state index is 14.1. The summed E-state index contributed by atoms with van der Waals surface area (Å²) >= 11 is 0. The summed E-state index contributed by atoms with van der Waals surface area (Å²) in [4.78, 5) is 4.47. The Balaban J connectivity index is 1.54. The minimum Gasteiger partial charge on any atom is -0.377 e. The van der Waals surface area contributed by atoms with Crippen molar-refractivity contribution in [1.82, 2.24) is 4.90 Å². The second-order valence-corrected chi connectivity index (χ2v) is 6.05. The van der Waals surface area contributed by atoms with E-state index in [1.807, 2.05) is 6.07 Å². The first-order valence-electron chi connectivity index (χ1n) is 8.05. The monoisotopic (exact) mass is 303 g/mol. The van der Waals surface area contributed by atoms with E-state index in [1.165, 1.54) is 18.9 Å². The highest BCUT2D eigenvalue weighted by molar-refractivity contribution is 5.51. The van der Waals surface area contributed by atoms with E-state index in [0.29, 0.717) is 17.4 Å². The standard InChI is InChI=1S/C17H22FN3O/c18-16-11-14(12-19)4-5-17(16)21-8-6-20(7-9-21)13-15-3-1-2-10-22-15/h4-5,11,15H,1-3,6-10,13H2/t15-/m1/s1. The Bertz CT molecular complexity index is 543. The number of ether oxygens (including phenoxy) is 1. The lowest BCUT2D eigenvalue weighted by Crippen LogP contribution is -2.49. The molecule has 4 nitrogen and oxygen atoms in total. The van der Waals surface area contributed by atoms with E-state index in [1.54, 1.807) is 12.1 Å². The van der Waals surface area contributed by atoms with Crippen LogP contribution in [0, 0.1) is 17.1 Å². The van der Waals surface area contributed by atoms with Crippen molar-refractivity contribution >= 4 is 5.69 Å². The molecule has 0 spiro atoms. The maximum absolute atomic E-state index is 14.1. The third kappa shape index (κ3) is 3.57. The molecular formula is C17H22FN3O. The lowest BCUT2D eigenvalue weighted by atomic mass is 10.1. The minimum absolute atomic E-state index is 0.303. The van der Waals surface area contributed by atoms with Crippen LogP contribution in [-0.2, 0) is 4.74 Å². The number of benzene rings is 1. The first kappa shape index (κ1) is 15.3. The van der Waals surface area contributed by atoms with Gasteiger partial charge in [-0.2, -0.15) is 5.26 Å². The third-order valence-corrected chi connectivity index (χ3v) is 4.53. The van der Waals surface area contributed by atoms with Crippen molar-refractivity contribution in [2.45, 2.75) is 25.4 Å². The fourth-order valence-corrected chi connectivity index (χ4v) is 3.24. The first-order valence-corrected chi connectivity index (χ1v) is 8.05.